The predicted molar refractivity (Wildman–Crippen MR) is 117 cm³/mol. The van der Waals surface area contributed by atoms with E-state index in [1.165, 1.54) is 6.42 Å². The molecule has 0 aromatic rings. The molecule has 0 aromatic heterocycles. The minimum Gasteiger partial charge on any atom is -0.512 e. The van der Waals surface area contributed by atoms with Gasteiger partial charge in [0.05, 0.1) is 12.4 Å². The quantitative estimate of drug-likeness (QED) is 0.470. The molecule has 0 aromatic carbocycles. The summed E-state index contributed by atoms with van der Waals surface area (Å²) in [4.78, 5) is 14.1. The Kier molecular flexibility index (Phi) is 6.96. The van der Waals surface area contributed by atoms with Crippen molar-refractivity contribution in [3.05, 3.63) is 24.0 Å². The second kappa shape index (κ2) is 8.43. The Morgan fingerprint density at radius 3 is 2.41 bits per heavy atom. The molecule has 0 bridgehead atoms. The first kappa shape index (κ1) is 23.9. The number of hydrogen-bond donors (Lipinski definition) is 2. The van der Waals surface area contributed by atoms with Crippen molar-refractivity contribution in [1.82, 2.24) is 4.90 Å². The topological polar surface area (TPSA) is 70.0 Å². The summed E-state index contributed by atoms with van der Waals surface area (Å²) >= 11 is 0. The number of esters is 1. The molecule has 29 heavy (non-hydrogen) atoms. The van der Waals surface area contributed by atoms with E-state index in [1.807, 2.05) is 0 Å². The van der Waals surface area contributed by atoms with Gasteiger partial charge in [0, 0.05) is 42.0 Å². The summed E-state index contributed by atoms with van der Waals surface area (Å²) in [6, 6.07) is 0. The zero-order chi connectivity index (χ0) is 22.1. The summed E-state index contributed by atoms with van der Waals surface area (Å²) < 4.78 is 5.24. The Bertz CT molecular complexity index is 662. The monoisotopic (exact) mass is 407 g/mol. The molecular weight excluding hydrogens is 366 g/mol. The molecule has 166 valence electrons. The van der Waals surface area contributed by atoms with Gasteiger partial charge in [0.25, 0.3) is 0 Å². The lowest BCUT2D eigenvalue weighted by molar-refractivity contribution is -0.165. The maximum atomic E-state index is 11.5. The van der Waals surface area contributed by atoms with E-state index >= 15 is 0 Å². The number of hydrogen-bond acceptors (Lipinski definition) is 5. The van der Waals surface area contributed by atoms with E-state index in [0.29, 0.717) is 25.0 Å². The summed E-state index contributed by atoms with van der Waals surface area (Å²) in [5.41, 5.74) is -0.0305. The van der Waals surface area contributed by atoms with Gasteiger partial charge < -0.3 is 14.9 Å². The second-order valence-electron chi connectivity index (χ2n) is 10.5. The molecule has 5 heteroatoms. The highest BCUT2D eigenvalue weighted by molar-refractivity contribution is 5.81. The van der Waals surface area contributed by atoms with E-state index < -0.39 is 11.4 Å². The van der Waals surface area contributed by atoms with Crippen LogP contribution >= 0.6 is 0 Å². The number of carbonyl (C=O) groups excluding carboxylic acids is 1. The third kappa shape index (κ3) is 4.00. The van der Waals surface area contributed by atoms with Gasteiger partial charge in [-0.3, -0.25) is 4.90 Å². The molecule has 0 amide bonds. The highest BCUT2D eigenvalue weighted by Gasteiger charge is 2.64. The molecule has 2 N–H and O–H groups in total. The standard InChI is InChI=1S/C24H41NO4/c1-8-20(28)29-16-11-18-19(27)17-21(2,3)24(13-15-26,23(18,6)7)25-14-10-9-12-22(25,4)5/h8,26-27H,1,9-17H2,2-7H3. The van der Waals surface area contributed by atoms with Crippen LogP contribution in [-0.4, -0.2) is 51.9 Å². The number of rotatable bonds is 7. The Morgan fingerprint density at radius 2 is 1.86 bits per heavy atom. The summed E-state index contributed by atoms with van der Waals surface area (Å²) in [5.74, 6) is -0.0455. The van der Waals surface area contributed by atoms with Crippen LogP contribution in [0.4, 0.5) is 0 Å². The zero-order valence-electron chi connectivity index (χ0n) is 19.3. The van der Waals surface area contributed by atoms with Crippen LogP contribution < -0.4 is 0 Å². The average Bonchev–Trinajstić information content (AvgIpc) is 2.61. The molecule has 1 heterocycles. The molecule has 0 radical (unpaired) electrons. The Balaban J connectivity index is 2.56. The van der Waals surface area contributed by atoms with E-state index in [0.717, 1.165) is 31.0 Å². The van der Waals surface area contributed by atoms with Gasteiger partial charge in [-0.05, 0) is 50.6 Å². The molecule has 2 aliphatic rings. The van der Waals surface area contributed by atoms with Crippen LogP contribution in [0.5, 0.6) is 0 Å². The number of carbonyl (C=O) groups is 1. The van der Waals surface area contributed by atoms with Crippen molar-refractivity contribution in [3.63, 3.8) is 0 Å². The fourth-order valence-electron chi connectivity index (χ4n) is 6.52. The van der Waals surface area contributed by atoms with Gasteiger partial charge in [0.2, 0.25) is 0 Å². The van der Waals surface area contributed by atoms with Crippen molar-refractivity contribution < 1.29 is 19.7 Å². The molecule has 5 nitrogen and oxygen atoms in total. The fraction of sp³-hybridized carbons (Fsp3) is 0.792. The van der Waals surface area contributed by atoms with E-state index in [1.54, 1.807) is 0 Å². The number of allylic oxidation sites excluding steroid dienone is 1. The molecule has 0 spiro atoms. The normalized spacial score (nSPS) is 28.8. The van der Waals surface area contributed by atoms with Crippen molar-refractivity contribution >= 4 is 5.97 Å². The number of nitrogens with zero attached hydrogens (tertiary/aromatic N) is 1. The molecule has 1 aliphatic heterocycles. The van der Waals surface area contributed by atoms with E-state index in [2.05, 4.69) is 53.0 Å². The Labute approximate surface area is 176 Å². The first-order valence-electron chi connectivity index (χ1n) is 11.0. The lowest BCUT2D eigenvalue weighted by atomic mass is 9.48. The van der Waals surface area contributed by atoms with Crippen molar-refractivity contribution in [2.24, 2.45) is 10.8 Å². The van der Waals surface area contributed by atoms with Gasteiger partial charge >= 0.3 is 5.97 Å². The predicted octanol–water partition coefficient (Wildman–Crippen LogP) is 4.76. The third-order valence-electron chi connectivity index (χ3n) is 7.71. The maximum Gasteiger partial charge on any atom is 0.330 e. The van der Waals surface area contributed by atoms with E-state index in [9.17, 15) is 15.0 Å². The van der Waals surface area contributed by atoms with Crippen LogP contribution in [0.2, 0.25) is 0 Å². The lowest BCUT2D eigenvalue weighted by Crippen LogP contribution is -2.73. The third-order valence-corrected chi connectivity index (χ3v) is 7.71. The second-order valence-corrected chi connectivity index (χ2v) is 10.5. The SMILES string of the molecule is C=CC(=O)OCCC1=C(O)CC(C)(C)C(CCO)(N2CCCCC2(C)C)C1(C)C. The van der Waals surface area contributed by atoms with Crippen LogP contribution in [0.25, 0.3) is 0 Å². The van der Waals surface area contributed by atoms with Gasteiger partial charge in [-0.15, -0.1) is 0 Å². The van der Waals surface area contributed by atoms with Crippen LogP contribution in [0.15, 0.2) is 24.0 Å². The van der Waals surface area contributed by atoms with Crippen molar-refractivity contribution in [3.8, 4) is 0 Å². The minimum atomic E-state index is -0.446. The fourth-order valence-corrected chi connectivity index (χ4v) is 6.52. The average molecular weight is 408 g/mol. The molecule has 1 unspecified atom stereocenters. The molecule has 0 saturated carbocycles. The van der Waals surface area contributed by atoms with Crippen LogP contribution in [0, 0.1) is 10.8 Å². The summed E-state index contributed by atoms with van der Waals surface area (Å²) in [6.45, 7) is 18.2. The van der Waals surface area contributed by atoms with Crippen LogP contribution in [0.1, 0.15) is 80.1 Å². The number of aliphatic hydroxyl groups is 2. The van der Waals surface area contributed by atoms with Crippen molar-refractivity contribution in [1.29, 1.82) is 0 Å². The summed E-state index contributed by atoms with van der Waals surface area (Å²) in [7, 11) is 0. The largest absolute Gasteiger partial charge is 0.512 e. The summed E-state index contributed by atoms with van der Waals surface area (Å²) in [5, 5.41) is 21.2. The van der Waals surface area contributed by atoms with Gasteiger partial charge in [-0.1, -0.05) is 40.7 Å². The molecule has 1 fully saturated rings. The first-order valence-corrected chi connectivity index (χ1v) is 11.0. The van der Waals surface area contributed by atoms with E-state index in [-0.39, 0.29) is 29.7 Å². The Morgan fingerprint density at radius 1 is 1.21 bits per heavy atom. The highest BCUT2D eigenvalue weighted by atomic mass is 16.5. The maximum absolute atomic E-state index is 11.5. The lowest BCUT2D eigenvalue weighted by Gasteiger charge is -2.68. The van der Waals surface area contributed by atoms with Gasteiger partial charge in [-0.2, -0.15) is 0 Å². The number of piperidine rings is 1. The van der Waals surface area contributed by atoms with Gasteiger partial charge in [0.15, 0.2) is 0 Å². The highest BCUT2D eigenvalue weighted by Crippen LogP contribution is 2.62. The summed E-state index contributed by atoms with van der Waals surface area (Å²) in [6.07, 6.45) is 6.31. The van der Waals surface area contributed by atoms with E-state index in [4.69, 9.17) is 4.74 Å². The van der Waals surface area contributed by atoms with Crippen molar-refractivity contribution in [2.45, 2.75) is 91.1 Å². The van der Waals surface area contributed by atoms with Gasteiger partial charge in [-0.25, -0.2) is 4.79 Å². The smallest absolute Gasteiger partial charge is 0.330 e. The number of ether oxygens (including phenoxy) is 1. The number of aliphatic hydroxyl groups excluding tert-OH is 2. The minimum absolute atomic E-state index is 0.00926. The van der Waals surface area contributed by atoms with Crippen LogP contribution in [-0.2, 0) is 9.53 Å². The van der Waals surface area contributed by atoms with Crippen LogP contribution in [0.3, 0.4) is 0 Å². The van der Waals surface area contributed by atoms with Gasteiger partial charge in [0.1, 0.15) is 0 Å². The Hall–Kier alpha value is -1.33. The number of likely N-dealkylation sites (tertiary alicyclic amines) is 1. The van der Waals surface area contributed by atoms with Crippen molar-refractivity contribution in [2.75, 3.05) is 19.8 Å². The molecule has 1 aliphatic carbocycles. The molecule has 1 atom stereocenters. The molecule has 1 saturated heterocycles. The molecular formula is C24H41NO4. The molecule has 2 rings (SSSR count). The zero-order valence-corrected chi connectivity index (χ0v) is 19.3. The first-order chi connectivity index (χ1) is 13.4.